The SMILES string of the molecule is C=CC=[C-]OCC.[Li+]. The van der Waals surface area contributed by atoms with Crippen molar-refractivity contribution in [2.45, 2.75) is 6.92 Å². The largest absolute Gasteiger partial charge is 1.00 e. The standard InChI is InChI=1S/C6H9O.Li/c1-3-5-6-7-4-2;/h3,5H,1,4H2,2H3;/q-1;+1. The van der Waals surface area contributed by atoms with E-state index in [9.17, 15) is 0 Å². The molecule has 0 atom stereocenters. The first-order valence-corrected chi connectivity index (χ1v) is 2.23. The molecule has 0 N–H and O–H groups in total. The quantitative estimate of drug-likeness (QED) is 0.184. The minimum absolute atomic E-state index is 0. The zero-order valence-corrected chi connectivity index (χ0v) is 5.48. The maximum atomic E-state index is 4.70. The molecule has 0 amide bonds. The topological polar surface area (TPSA) is 9.23 Å². The molecule has 0 aliphatic carbocycles. The van der Waals surface area contributed by atoms with Crippen molar-refractivity contribution in [3.63, 3.8) is 0 Å². The maximum Gasteiger partial charge on any atom is 1.00 e. The van der Waals surface area contributed by atoms with E-state index in [2.05, 4.69) is 12.8 Å². The zero-order chi connectivity index (χ0) is 5.54. The van der Waals surface area contributed by atoms with Crippen molar-refractivity contribution < 1.29 is 23.6 Å². The second-order valence-corrected chi connectivity index (χ2v) is 0.953. The van der Waals surface area contributed by atoms with Gasteiger partial charge in [-0.25, -0.2) is 6.08 Å². The Bertz CT molecular complexity index is 68.9. The third kappa shape index (κ3) is 9.30. The maximum absolute atomic E-state index is 4.70. The molecule has 8 heavy (non-hydrogen) atoms. The predicted octanol–water partition coefficient (Wildman–Crippen LogP) is -1.47. The van der Waals surface area contributed by atoms with Crippen LogP contribution in [0, 0.1) is 6.26 Å². The molecule has 0 aromatic rings. The molecule has 0 fully saturated rings. The minimum Gasteiger partial charge on any atom is -0.594 e. The molecule has 0 aromatic carbocycles. The number of hydrogen-bond acceptors (Lipinski definition) is 1. The van der Waals surface area contributed by atoms with Gasteiger partial charge < -0.3 is 4.74 Å². The molecule has 0 heterocycles. The monoisotopic (exact) mass is 104 g/mol. The molecule has 0 rings (SSSR count). The Balaban J connectivity index is 0. The van der Waals surface area contributed by atoms with E-state index in [0.717, 1.165) is 0 Å². The first-order chi connectivity index (χ1) is 3.41. The van der Waals surface area contributed by atoms with Gasteiger partial charge in [0.2, 0.25) is 0 Å². The van der Waals surface area contributed by atoms with Crippen molar-refractivity contribution in [1.82, 2.24) is 0 Å². The van der Waals surface area contributed by atoms with Gasteiger partial charge in [-0.05, 0) is 6.92 Å². The summed E-state index contributed by atoms with van der Waals surface area (Å²) in [6.07, 6.45) is 5.79. The van der Waals surface area contributed by atoms with E-state index < -0.39 is 0 Å². The third-order valence-electron chi connectivity index (χ3n) is 0.414. The van der Waals surface area contributed by atoms with Crippen molar-refractivity contribution in [3.05, 3.63) is 25.0 Å². The van der Waals surface area contributed by atoms with Crippen LogP contribution >= 0.6 is 0 Å². The van der Waals surface area contributed by atoms with Gasteiger partial charge in [0, 0.05) is 0 Å². The molecule has 0 aromatic heterocycles. The number of hydrogen-bond donors (Lipinski definition) is 0. The fourth-order valence-corrected chi connectivity index (χ4v) is 0.180. The van der Waals surface area contributed by atoms with Crippen LogP contribution in [0.3, 0.4) is 0 Å². The van der Waals surface area contributed by atoms with E-state index in [1.54, 1.807) is 12.2 Å². The zero-order valence-electron chi connectivity index (χ0n) is 5.48. The van der Waals surface area contributed by atoms with E-state index in [1.165, 1.54) is 0 Å². The van der Waals surface area contributed by atoms with Crippen LogP contribution in [0.15, 0.2) is 18.7 Å². The predicted molar refractivity (Wildman–Crippen MR) is 29.6 cm³/mol. The summed E-state index contributed by atoms with van der Waals surface area (Å²) >= 11 is 0. The molecular formula is C6H9LiO. The Kier molecular flexibility index (Phi) is 13.5. The second kappa shape index (κ2) is 9.99. The Hall–Kier alpha value is -0.123. The smallest absolute Gasteiger partial charge is 0.594 e. The van der Waals surface area contributed by atoms with Gasteiger partial charge >= 0.3 is 18.9 Å². The van der Waals surface area contributed by atoms with Crippen LogP contribution in [0.2, 0.25) is 0 Å². The molecule has 0 bridgehead atoms. The molecular weight excluding hydrogens is 95.0 g/mol. The summed E-state index contributed by atoms with van der Waals surface area (Å²) in [6, 6.07) is 0. The summed E-state index contributed by atoms with van der Waals surface area (Å²) in [5.41, 5.74) is 0. The fraction of sp³-hybridized carbons (Fsp3) is 0.333. The van der Waals surface area contributed by atoms with E-state index in [4.69, 9.17) is 4.74 Å². The van der Waals surface area contributed by atoms with Crippen molar-refractivity contribution in [2.24, 2.45) is 0 Å². The van der Waals surface area contributed by atoms with E-state index in [0.29, 0.717) is 6.61 Å². The van der Waals surface area contributed by atoms with Gasteiger partial charge in [-0.3, -0.25) is 0 Å². The second-order valence-electron chi connectivity index (χ2n) is 0.953. The van der Waals surface area contributed by atoms with E-state index >= 15 is 0 Å². The van der Waals surface area contributed by atoms with Gasteiger partial charge in [-0.1, -0.05) is 6.26 Å². The van der Waals surface area contributed by atoms with Crippen molar-refractivity contribution in [3.8, 4) is 0 Å². The van der Waals surface area contributed by atoms with Crippen LogP contribution in [0.5, 0.6) is 0 Å². The van der Waals surface area contributed by atoms with Gasteiger partial charge in [-0.15, -0.1) is 0 Å². The van der Waals surface area contributed by atoms with E-state index in [-0.39, 0.29) is 18.9 Å². The Morgan fingerprint density at radius 1 is 1.75 bits per heavy atom. The third-order valence-corrected chi connectivity index (χ3v) is 0.414. The van der Waals surface area contributed by atoms with Crippen LogP contribution < -0.4 is 18.9 Å². The van der Waals surface area contributed by atoms with Gasteiger partial charge in [-0.2, -0.15) is 12.7 Å². The molecule has 1 nitrogen and oxygen atoms in total. The summed E-state index contributed by atoms with van der Waals surface area (Å²) in [5.74, 6) is 0. The summed E-state index contributed by atoms with van der Waals surface area (Å²) in [4.78, 5) is 0. The number of allylic oxidation sites excluding steroid dienone is 2. The van der Waals surface area contributed by atoms with Crippen LogP contribution in [-0.2, 0) is 4.74 Å². The number of ether oxygens (including phenoxy) is 1. The van der Waals surface area contributed by atoms with Crippen LogP contribution in [0.4, 0.5) is 0 Å². The summed E-state index contributed by atoms with van der Waals surface area (Å²) in [5, 5.41) is 0. The van der Waals surface area contributed by atoms with Crippen LogP contribution in [0.1, 0.15) is 6.92 Å². The first kappa shape index (κ1) is 10.8. The fourth-order valence-electron chi connectivity index (χ4n) is 0.180. The molecule has 0 radical (unpaired) electrons. The Morgan fingerprint density at radius 2 is 2.38 bits per heavy atom. The molecule has 0 spiro atoms. The molecule has 0 saturated carbocycles. The molecule has 0 aliphatic rings. The average Bonchev–Trinajstić information content (AvgIpc) is 1.69. The van der Waals surface area contributed by atoms with Gasteiger partial charge in [0.15, 0.2) is 0 Å². The molecule has 0 saturated heterocycles. The summed E-state index contributed by atoms with van der Waals surface area (Å²) in [6.45, 7) is 6.01. The van der Waals surface area contributed by atoms with Crippen molar-refractivity contribution in [1.29, 1.82) is 0 Å². The van der Waals surface area contributed by atoms with E-state index in [1.807, 2.05) is 6.92 Å². The minimum atomic E-state index is 0. The van der Waals surface area contributed by atoms with Crippen molar-refractivity contribution in [2.75, 3.05) is 6.61 Å². The summed E-state index contributed by atoms with van der Waals surface area (Å²) < 4.78 is 4.70. The van der Waals surface area contributed by atoms with Gasteiger partial charge in [0.25, 0.3) is 0 Å². The summed E-state index contributed by atoms with van der Waals surface area (Å²) in [7, 11) is 0. The van der Waals surface area contributed by atoms with Crippen LogP contribution in [0.25, 0.3) is 0 Å². The first-order valence-electron chi connectivity index (χ1n) is 2.23. The normalized spacial score (nSPS) is 8.12. The average molecular weight is 104 g/mol. The molecule has 40 valence electrons. The molecule has 2 heteroatoms. The van der Waals surface area contributed by atoms with Crippen molar-refractivity contribution >= 4 is 0 Å². The molecule has 0 aliphatic heterocycles. The Morgan fingerprint density at radius 3 is 2.75 bits per heavy atom. The molecule has 0 unspecified atom stereocenters. The van der Waals surface area contributed by atoms with Gasteiger partial charge in [0.1, 0.15) is 0 Å². The Labute approximate surface area is 62.6 Å². The van der Waals surface area contributed by atoms with Gasteiger partial charge in [0.05, 0.1) is 6.61 Å². The van der Waals surface area contributed by atoms with Crippen LogP contribution in [-0.4, -0.2) is 6.61 Å². The number of rotatable bonds is 3.